The van der Waals surface area contributed by atoms with E-state index in [-0.39, 0.29) is 22.1 Å². The largest absolute Gasteiger partial charge is 0.347 e. The number of amides is 1. The van der Waals surface area contributed by atoms with Crippen LogP contribution < -0.4 is 4.90 Å². The second kappa shape index (κ2) is 6.65. The van der Waals surface area contributed by atoms with Crippen LogP contribution in [0.15, 0.2) is 0 Å². The lowest BCUT2D eigenvalue weighted by atomic mass is 9.78. The van der Waals surface area contributed by atoms with E-state index < -0.39 is 0 Å². The summed E-state index contributed by atoms with van der Waals surface area (Å²) in [5.41, 5.74) is 0.352. The van der Waals surface area contributed by atoms with Crippen LogP contribution in [0.3, 0.4) is 0 Å². The molecule has 1 spiro atoms. The number of anilines is 1. The Labute approximate surface area is 147 Å². The molecular weight excluding hydrogens is 322 g/mol. The van der Waals surface area contributed by atoms with E-state index >= 15 is 0 Å². The van der Waals surface area contributed by atoms with Gasteiger partial charge in [0.05, 0.1) is 10.5 Å². The minimum atomic E-state index is -0.325. The number of carbonyl (C=O) groups excluding carboxylic acids is 1. The molecule has 0 bridgehead atoms. The highest BCUT2D eigenvalue weighted by Gasteiger charge is 2.45. The molecule has 1 aliphatic heterocycles. The van der Waals surface area contributed by atoms with Gasteiger partial charge in [-0.05, 0) is 26.7 Å². The van der Waals surface area contributed by atoms with Crippen molar-refractivity contribution in [2.45, 2.75) is 65.0 Å². The molecule has 0 atom stereocenters. The van der Waals surface area contributed by atoms with E-state index in [4.69, 9.17) is 0 Å². The lowest BCUT2D eigenvalue weighted by Gasteiger charge is -2.52. The van der Waals surface area contributed by atoms with Gasteiger partial charge in [0.15, 0.2) is 0 Å². The molecular formula is C17H27N5O3. The Morgan fingerprint density at radius 2 is 1.96 bits per heavy atom. The molecule has 0 aromatic carbocycles. The monoisotopic (exact) mass is 349 g/mol. The van der Waals surface area contributed by atoms with E-state index in [0.29, 0.717) is 37.7 Å². The van der Waals surface area contributed by atoms with Gasteiger partial charge in [-0.25, -0.2) is 4.68 Å². The molecule has 1 aromatic heterocycles. The summed E-state index contributed by atoms with van der Waals surface area (Å²) >= 11 is 0. The Kier molecular flexibility index (Phi) is 4.71. The van der Waals surface area contributed by atoms with Crippen molar-refractivity contribution in [1.29, 1.82) is 0 Å². The summed E-state index contributed by atoms with van der Waals surface area (Å²) in [5, 5.41) is 16.0. The lowest BCUT2D eigenvalue weighted by Crippen LogP contribution is -2.64. The Morgan fingerprint density at radius 3 is 2.52 bits per heavy atom. The van der Waals surface area contributed by atoms with Gasteiger partial charge in [-0.3, -0.25) is 14.9 Å². The highest BCUT2D eigenvalue weighted by Crippen LogP contribution is 2.40. The number of aromatic nitrogens is 2. The van der Waals surface area contributed by atoms with Crippen molar-refractivity contribution in [2.24, 2.45) is 0 Å². The summed E-state index contributed by atoms with van der Waals surface area (Å²) in [4.78, 5) is 27.6. The second-order valence-corrected chi connectivity index (χ2v) is 7.21. The van der Waals surface area contributed by atoms with E-state index in [1.807, 2.05) is 11.8 Å². The topological polar surface area (TPSA) is 84.5 Å². The van der Waals surface area contributed by atoms with Gasteiger partial charge in [-0.1, -0.05) is 19.3 Å². The summed E-state index contributed by atoms with van der Waals surface area (Å²) in [7, 11) is 0. The van der Waals surface area contributed by atoms with E-state index in [1.165, 1.54) is 6.42 Å². The Morgan fingerprint density at radius 1 is 1.28 bits per heavy atom. The predicted molar refractivity (Wildman–Crippen MR) is 94.7 cm³/mol. The second-order valence-electron chi connectivity index (χ2n) is 7.21. The number of piperazine rings is 1. The molecule has 138 valence electrons. The fourth-order valence-electron chi connectivity index (χ4n) is 4.59. The molecule has 1 saturated heterocycles. The summed E-state index contributed by atoms with van der Waals surface area (Å²) < 4.78 is 1.73. The molecule has 25 heavy (non-hydrogen) atoms. The summed E-state index contributed by atoms with van der Waals surface area (Å²) in [6.07, 6.45) is 5.34. The van der Waals surface area contributed by atoms with Crippen LogP contribution in [-0.2, 0) is 11.3 Å². The first-order valence-electron chi connectivity index (χ1n) is 9.14. The Balaban J connectivity index is 2.00. The van der Waals surface area contributed by atoms with Gasteiger partial charge in [0.2, 0.25) is 11.7 Å². The van der Waals surface area contributed by atoms with Gasteiger partial charge in [0.25, 0.3) is 0 Å². The van der Waals surface area contributed by atoms with Crippen molar-refractivity contribution in [3.05, 3.63) is 15.8 Å². The predicted octanol–water partition coefficient (Wildman–Crippen LogP) is 2.49. The third-order valence-electron chi connectivity index (χ3n) is 5.67. The van der Waals surface area contributed by atoms with Crippen molar-refractivity contribution in [2.75, 3.05) is 24.5 Å². The molecule has 8 heteroatoms. The van der Waals surface area contributed by atoms with E-state index in [1.54, 1.807) is 18.5 Å². The fourth-order valence-corrected chi connectivity index (χ4v) is 4.59. The number of nitrogens with zero attached hydrogens (tertiary/aromatic N) is 5. The van der Waals surface area contributed by atoms with Crippen molar-refractivity contribution in [1.82, 2.24) is 14.7 Å². The van der Waals surface area contributed by atoms with Crippen molar-refractivity contribution < 1.29 is 9.72 Å². The van der Waals surface area contributed by atoms with Gasteiger partial charge in [-0.2, -0.15) is 5.10 Å². The average molecular weight is 349 g/mol. The van der Waals surface area contributed by atoms with Gasteiger partial charge in [-0.15, -0.1) is 0 Å². The van der Waals surface area contributed by atoms with Crippen molar-refractivity contribution in [3.63, 3.8) is 0 Å². The molecule has 8 nitrogen and oxygen atoms in total. The zero-order valence-electron chi connectivity index (χ0n) is 15.3. The number of rotatable bonds is 3. The van der Waals surface area contributed by atoms with E-state index in [9.17, 15) is 14.9 Å². The maximum absolute atomic E-state index is 12.2. The molecule has 1 aliphatic carbocycles. The summed E-state index contributed by atoms with van der Waals surface area (Å²) in [6.45, 7) is 7.73. The quantitative estimate of drug-likeness (QED) is 0.618. The number of hydrogen-bond donors (Lipinski definition) is 0. The molecule has 2 heterocycles. The van der Waals surface area contributed by atoms with Gasteiger partial charge in [0.1, 0.15) is 5.69 Å². The molecule has 2 aliphatic rings. The third kappa shape index (κ3) is 2.98. The van der Waals surface area contributed by atoms with Crippen molar-refractivity contribution >= 4 is 17.4 Å². The third-order valence-corrected chi connectivity index (χ3v) is 5.67. The Bertz CT molecular complexity index is 678. The smallest absolute Gasteiger partial charge is 0.333 e. The van der Waals surface area contributed by atoms with E-state index in [0.717, 1.165) is 25.7 Å². The first-order valence-corrected chi connectivity index (χ1v) is 9.14. The van der Waals surface area contributed by atoms with Gasteiger partial charge in [0, 0.05) is 33.1 Å². The zero-order chi connectivity index (χ0) is 18.2. The van der Waals surface area contributed by atoms with Gasteiger partial charge < -0.3 is 9.80 Å². The molecule has 3 rings (SSSR count). The van der Waals surface area contributed by atoms with Crippen LogP contribution in [0.5, 0.6) is 0 Å². The Hall–Kier alpha value is -2.12. The maximum atomic E-state index is 12.2. The maximum Gasteiger partial charge on any atom is 0.333 e. The summed E-state index contributed by atoms with van der Waals surface area (Å²) in [6, 6.07) is 0. The van der Waals surface area contributed by atoms with Crippen LogP contribution in [0.25, 0.3) is 0 Å². The normalized spacial score (nSPS) is 20.1. The lowest BCUT2D eigenvalue weighted by molar-refractivity contribution is -0.384. The van der Waals surface area contributed by atoms with Crippen LogP contribution in [0.4, 0.5) is 11.5 Å². The average Bonchev–Trinajstić information content (AvgIpc) is 2.91. The van der Waals surface area contributed by atoms with Gasteiger partial charge >= 0.3 is 5.69 Å². The molecule has 0 N–H and O–H groups in total. The highest BCUT2D eigenvalue weighted by molar-refractivity contribution is 5.75. The minimum absolute atomic E-state index is 0.101. The number of hydrogen-bond acceptors (Lipinski definition) is 5. The van der Waals surface area contributed by atoms with Crippen LogP contribution in [0.2, 0.25) is 0 Å². The molecule has 1 saturated carbocycles. The first-order chi connectivity index (χ1) is 11.9. The zero-order valence-corrected chi connectivity index (χ0v) is 15.3. The van der Waals surface area contributed by atoms with Crippen LogP contribution in [0, 0.1) is 17.0 Å². The first kappa shape index (κ1) is 17.7. The number of carbonyl (C=O) groups is 1. The number of aryl methyl sites for hydroxylation is 2. The highest BCUT2D eigenvalue weighted by atomic mass is 16.6. The summed E-state index contributed by atoms with van der Waals surface area (Å²) in [5.74, 6) is 0.703. The van der Waals surface area contributed by atoms with Crippen LogP contribution >= 0.6 is 0 Å². The molecule has 1 aromatic rings. The van der Waals surface area contributed by atoms with Crippen LogP contribution in [-0.4, -0.2) is 50.7 Å². The fraction of sp³-hybridized carbons (Fsp3) is 0.765. The molecule has 2 fully saturated rings. The van der Waals surface area contributed by atoms with E-state index in [2.05, 4.69) is 10.00 Å². The molecule has 0 radical (unpaired) electrons. The minimum Gasteiger partial charge on any atom is -0.347 e. The standard InChI is InChI=1S/C17H27N5O3/c1-4-21-16(15(22(24)25)13(2)18-21)19-10-11-20(14(3)23)17(12-19)8-6-5-7-9-17/h4-12H2,1-3H3. The molecule has 0 unspecified atom stereocenters. The van der Waals surface area contributed by atoms with Crippen LogP contribution in [0.1, 0.15) is 51.6 Å². The SMILES string of the molecule is CCn1nc(C)c([N+](=O)[O-])c1N1CCN(C(C)=O)C2(CCCCC2)C1. The van der Waals surface area contributed by atoms with Crippen molar-refractivity contribution in [3.8, 4) is 0 Å². The number of nitro groups is 1. The molecule has 1 amide bonds.